The molecule has 0 bridgehead atoms. The normalized spacial score (nSPS) is 15.8. The summed E-state index contributed by atoms with van der Waals surface area (Å²) in [4.78, 5) is 28.4. The van der Waals surface area contributed by atoms with E-state index < -0.39 is 29.4 Å². The topological polar surface area (TPSA) is 64.4 Å². The van der Waals surface area contributed by atoms with Crippen LogP contribution in [0.15, 0.2) is 42.5 Å². The van der Waals surface area contributed by atoms with Crippen LogP contribution >= 0.6 is 0 Å². The molecule has 0 N–H and O–H groups in total. The van der Waals surface area contributed by atoms with Gasteiger partial charge in [0.1, 0.15) is 11.6 Å². The highest BCUT2D eigenvalue weighted by Crippen LogP contribution is 2.37. The number of carbonyl (C=O) groups is 2. The van der Waals surface area contributed by atoms with Gasteiger partial charge in [-0.3, -0.25) is 14.3 Å². The van der Waals surface area contributed by atoms with E-state index in [4.69, 9.17) is 4.74 Å². The van der Waals surface area contributed by atoms with Gasteiger partial charge in [-0.15, -0.1) is 0 Å². The second kappa shape index (κ2) is 11.8. The molecular weight excluding hydrogens is 526 g/mol. The molecule has 0 aliphatic heterocycles. The third-order valence-electron chi connectivity index (χ3n) is 7.39. The average molecular weight is 560 g/mol. The zero-order valence-corrected chi connectivity index (χ0v) is 23.0. The quantitative estimate of drug-likeness (QED) is 0.304. The highest BCUT2D eigenvalue weighted by atomic mass is 19.4. The Kier molecular flexibility index (Phi) is 8.65. The van der Waals surface area contributed by atoms with Gasteiger partial charge in [0.15, 0.2) is 11.5 Å². The molecule has 6 nitrogen and oxygen atoms in total. The number of rotatable bonds is 9. The fourth-order valence-corrected chi connectivity index (χ4v) is 5.38. The number of carbonyl (C=O) groups excluding carboxylic acids is 2. The summed E-state index contributed by atoms with van der Waals surface area (Å²) in [5.41, 5.74) is 1.44. The minimum atomic E-state index is -4.62. The maximum absolute atomic E-state index is 14.1. The summed E-state index contributed by atoms with van der Waals surface area (Å²) in [6.07, 6.45) is -3.49. The molecule has 1 aromatic heterocycles. The molecule has 0 radical (unpaired) electrons. The lowest BCUT2D eigenvalue weighted by atomic mass is 9.87. The standard InChI is InChI=1S/C30H33F4N3O3/c1-18-5-10-26-27(13-18)37(35-28(26)30(32,33)34)17-24(38)16-21(14-20-11-19(2)12-22(31)15-20)29(39)36(3)23-6-8-25(40-4)9-7-23/h6-9,11-12,15,18,21H,5,10,13-14,16-17H2,1-4H3/t18?,21-/m1/s1. The van der Waals surface area contributed by atoms with Gasteiger partial charge in [0, 0.05) is 36.3 Å². The van der Waals surface area contributed by atoms with Crippen LogP contribution in [0.4, 0.5) is 23.2 Å². The molecule has 0 saturated heterocycles. The SMILES string of the molecule is COc1ccc(N(C)C(=O)[C@@H](CC(=O)Cn2nc(C(F)(F)F)c3c2CC(C)CC3)Cc2cc(C)cc(F)c2)cc1. The number of ketones is 1. The van der Waals surface area contributed by atoms with Crippen LogP contribution in [-0.4, -0.2) is 35.6 Å². The van der Waals surface area contributed by atoms with Gasteiger partial charge in [0.05, 0.1) is 13.7 Å². The maximum Gasteiger partial charge on any atom is 0.435 e. The Morgan fingerprint density at radius 1 is 1.18 bits per heavy atom. The molecule has 1 unspecified atom stereocenters. The molecule has 4 rings (SSSR count). The Morgan fingerprint density at radius 3 is 2.50 bits per heavy atom. The van der Waals surface area contributed by atoms with Crippen LogP contribution < -0.4 is 9.64 Å². The van der Waals surface area contributed by atoms with Crippen molar-refractivity contribution in [1.82, 2.24) is 9.78 Å². The van der Waals surface area contributed by atoms with Crippen molar-refractivity contribution in [3.63, 3.8) is 0 Å². The molecular formula is C30H33F4N3O3. The van der Waals surface area contributed by atoms with E-state index >= 15 is 0 Å². The van der Waals surface area contributed by atoms with E-state index in [1.807, 2.05) is 6.92 Å². The van der Waals surface area contributed by atoms with Crippen molar-refractivity contribution in [1.29, 1.82) is 0 Å². The molecule has 1 amide bonds. The number of amides is 1. The van der Waals surface area contributed by atoms with Crippen molar-refractivity contribution >= 4 is 17.4 Å². The average Bonchev–Trinajstić information content (AvgIpc) is 3.24. The largest absolute Gasteiger partial charge is 0.497 e. The number of anilines is 1. The number of hydrogen-bond donors (Lipinski definition) is 0. The van der Waals surface area contributed by atoms with E-state index in [1.54, 1.807) is 44.3 Å². The first-order valence-electron chi connectivity index (χ1n) is 13.2. The summed E-state index contributed by atoms with van der Waals surface area (Å²) in [6, 6.07) is 11.3. The van der Waals surface area contributed by atoms with Gasteiger partial charge in [-0.2, -0.15) is 18.3 Å². The Hall–Kier alpha value is -3.69. The smallest absolute Gasteiger partial charge is 0.435 e. The molecule has 3 aromatic rings. The predicted octanol–water partition coefficient (Wildman–Crippen LogP) is 5.96. The van der Waals surface area contributed by atoms with Crippen molar-refractivity contribution in [2.45, 2.75) is 58.7 Å². The van der Waals surface area contributed by atoms with Crippen LogP contribution in [-0.2, 0) is 41.6 Å². The number of ether oxygens (including phenoxy) is 1. The van der Waals surface area contributed by atoms with Gasteiger partial charge in [-0.05, 0) is 86.1 Å². The van der Waals surface area contributed by atoms with E-state index in [1.165, 1.54) is 24.1 Å². The Bertz CT molecular complexity index is 1360. The highest BCUT2D eigenvalue weighted by Gasteiger charge is 2.40. The first-order chi connectivity index (χ1) is 18.8. The first-order valence-corrected chi connectivity index (χ1v) is 13.2. The van der Waals surface area contributed by atoms with Gasteiger partial charge < -0.3 is 9.64 Å². The van der Waals surface area contributed by atoms with E-state index in [9.17, 15) is 27.2 Å². The van der Waals surface area contributed by atoms with Gasteiger partial charge in [0.25, 0.3) is 0 Å². The number of fused-ring (bicyclic) bond motifs is 1. The second-order valence-corrected chi connectivity index (χ2v) is 10.7. The third-order valence-corrected chi connectivity index (χ3v) is 7.39. The summed E-state index contributed by atoms with van der Waals surface area (Å²) in [5, 5.41) is 3.81. The summed E-state index contributed by atoms with van der Waals surface area (Å²) in [5.74, 6) is -1.33. The molecule has 1 heterocycles. The van der Waals surface area contributed by atoms with E-state index in [0.29, 0.717) is 41.1 Å². The minimum absolute atomic E-state index is 0.0890. The summed E-state index contributed by atoms with van der Waals surface area (Å²) in [7, 11) is 3.11. The van der Waals surface area contributed by atoms with Gasteiger partial charge >= 0.3 is 6.18 Å². The van der Waals surface area contributed by atoms with E-state index in [0.717, 1.165) is 4.68 Å². The van der Waals surface area contributed by atoms with Gasteiger partial charge in [-0.25, -0.2) is 4.39 Å². The predicted molar refractivity (Wildman–Crippen MR) is 143 cm³/mol. The monoisotopic (exact) mass is 559 g/mol. The van der Waals surface area contributed by atoms with Crippen LogP contribution in [0, 0.1) is 24.6 Å². The lowest BCUT2D eigenvalue weighted by Gasteiger charge is -2.24. The van der Waals surface area contributed by atoms with E-state index in [-0.39, 0.29) is 43.2 Å². The Balaban J connectivity index is 1.60. The molecule has 1 aliphatic carbocycles. The Labute approximate surface area is 230 Å². The minimum Gasteiger partial charge on any atom is -0.497 e. The number of hydrogen-bond acceptors (Lipinski definition) is 4. The number of halogens is 4. The molecule has 10 heteroatoms. The fraction of sp³-hybridized carbons (Fsp3) is 0.433. The third kappa shape index (κ3) is 6.71. The van der Waals surface area contributed by atoms with Crippen molar-refractivity contribution in [3.05, 3.63) is 76.4 Å². The second-order valence-electron chi connectivity index (χ2n) is 10.7. The molecule has 2 aromatic carbocycles. The summed E-state index contributed by atoms with van der Waals surface area (Å²) in [6.45, 7) is 3.32. The maximum atomic E-state index is 14.1. The van der Waals surface area contributed by atoms with Gasteiger partial charge in [-0.1, -0.05) is 13.0 Å². The molecule has 0 spiro atoms. The van der Waals surface area contributed by atoms with Crippen LogP contribution in [0.3, 0.4) is 0 Å². The Morgan fingerprint density at radius 2 is 1.88 bits per heavy atom. The van der Waals surface area contributed by atoms with Crippen LogP contribution in [0.2, 0.25) is 0 Å². The number of alkyl halides is 3. The summed E-state index contributed by atoms with van der Waals surface area (Å²) >= 11 is 0. The first kappa shape index (κ1) is 29.3. The van der Waals surface area contributed by atoms with Crippen molar-refractivity contribution in [2.75, 3.05) is 19.1 Å². The fourth-order valence-electron chi connectivity index (χ4n) is 5.38. The molecule has 40 heavy (non-hydrogen) atoms. The lowest BCUT2D eigenvalue weighted by molar-refractivity contribution is -0.142. The summed E-state index contributed by atoms with van der Waals surface area (Å²) < 4.78 is 61.6. The van der Waals surface area contributed by atoms with Crippen molar-refractivity contribution < 1.29 is 31.9 Å². The van der Waals surface area contributed by atoms with Crippen molar-refractivity contribution in [2.24, 2.45) is 11.8 Å². The zero-order chi connectivity index (χ0) is 29.2. The molecule has 2 atom stereocenters. The highest BCUT2D eigenvalue weighted by molar-refractivity contribution is 5.97. The van der Waals surface area contributed by atoms with Gasteiger partial charge in [0.2, 0.25) is 5.91 Å². The molecule has 0 fully saturated rings. The molecule has 0 saturated carbocycles. The van der Waals surface area contributed by atoms with E-state index in [2.05, 4.69) is 5.10 Å². The number of aryl methyl sites for hydroxylation is 1. The number of methoxy groups -OCH3 is 1. The van der Waals surface area contributed by atoms with Crippen LogP contribution in [0.25, 0.3) is 0 Å². The number of aromatic nitrogens is 2. The zero-order valence-electron chi connectivity index (χ0n) is 23.0. The number of benzene rings is 2. The molecule has 1 aliphatic rings. The number of nitrogens with zero attached hydrogens (tertiary/aromatic N) is 3. The number of Topliss-reactive ketones (excluding diaryl/α,β-unsaturated/α-hetero) is 1. The van der Waals surface area contributed by atoms with Crippen LogP contribution in [0.5, 0.6) is 5.75 Å². The molecule has 214 valence electrons. The van der Waals surface area contributed by atoms with Crippen LogP contribution in [0.1, 0.15) is 47.8 Å². The lowest BCUT2D eigenvalue weighted by Crippen LogP contribution is -2.36. The van der Waals surface area contributed by atoms with Crippen molar-refractivity contribution in [3.8, 4) is 5.75 Å².